The van der Waals surface area contributed by atoms with Crippen molar-refractivity contribution in [1.82, 2.24) is 9.97 Å². The molecule has 0 aliphatic carbocycles. The van der Waals surface area contributed by atoms with Crippen LogP contribution in [0.2, 0.25) is 0 Å². The van der Waals surface area contributed by atoms with Gasteiger partial charge in [0.2, 0.25) is 0 Å². The van der Waals surface area contributed by atoms with Gasteiger partial charge in [0.1, 0.15) is 17.5 Å². The van der Waals surface area contributed by atoms with Gasteiger partial charge in [0.15, 0.2) is 0 Å². The lowest BCUT2D eigenvalue weighted by Crippen LogP contribution is -2.21. The van der Waals surface area contributed by atoms with Gasteiger partial charge in [-0.1, -0.05) is 6.92 Å². The van der Waals surface area contributed by atoms with Crippen molar-refractivity contribution in [1.29, 1.82) is 0 Å². The maximum absolute atomic E-state index is 8.95. The molecule has 1 heterocycles. The number of aliphatic hydroxyl groups is 1. The van der Waals surface area contributed by atoms with E-state index < -0.39 is 0 Å². The topological polar surface area (TPSA) is 70.1 Å². The molecule has 0 amide bonds. The lowest BCUT2D eigenvalue weighted by molar-refractivity contribution is 0.278. The molecule has 0 aliphatic heterocycles. The Morgan fingerprint density at radius 3 is 2.59 bits per heavy atom. The number of aryl methyl sites for hydroxylation is 1. The molecule has 0 fully saturated rings. The standard InChI is InChI=1S/C12H22N4O/c1-4-10(6-7-17)16-12-8-11(13-5-2)14-9(3)15-12/h8,10,17H,4-7H2,1-3H3,(H2,13,14,15,16). The summed E-state index contributed by atoms with van der Waals surface area (Å²) < 4.78 is 0. The first-order valence-corrected chi connectivity index (χ1v) is 6.16. The summed E-state index contributed by atoms with van der Waals surface area (Å²) >= 11 is 0. The highest BCUT2D eigenvalue weighted by atomic mass is 16.3. The summed E-state index contributed by atoms with van der Waals surface area (Å²) in [6.45, 7) is 7.02. The number of aromatic nitrogens is 2. The van der Waals surface area contributed by atoms with Crippen LogP contribution in [0.25, 0.3) is 0 Å². The smallest absolute Gasteiger partial charge is 0.132 e. The first-order valence-electron chi connectivity index (χ1n) is 6.16. The first-order chi connectivity index (χ1) is 8.19. The average molecular weight is 238 g/mol. The summed E-state index contributed by atoms with van der Waals surface area (Å²) in [4.78, 5) is 8.63. The normalized spacial score (nSPS) is 12.2. The van der Waals surface area contributed by atoms with Crippen LogP contribution in [0.15, 0.2) is 6.07 Å². The fourth-order valence-corrected chi connectivity index (χ4v) is 1.66. The van der Waals surface area contributed by atoms with Gasteiger partial charge >= 0.3 is 0 Å². The largest absolute Gasteiger partial charge is 0.396 e. The molecule has 0 bridgehead atoms. The molecule has 5 heteroatoms. The predicted molar refractivity (Wildman–Crippen MR) is 70.3 cm³/mol. The number of nitrogens with zero attached hydrogens (tertiary/aromatic N) is 2. The highest BCUT2D eigenvalue weighted by Gasteiger charge is 2.07. The first kappa shape index (κ1) is 13.7. The highest BCUT2D eigenvalue weighted by molar-refractivity contribution is 5.47. The van der Waals surface area contributed by atoms with Crippen LogP contribution in [-0.2, 0) is 0 Å². The summed E-state index contributed by atoms with van der Waals surface area (Å²) in [7, 11) is 0. The minimum Gasteiger partial charge on any atom is -0.396 e. The number of hydrogen-bond acceptors (Lipinski definition) is 5. The van der Waals surface area contributed by atoms with Crippen LogP contribution >= 0.6 is 0 Å². The summed E-state index contributed by atoms with van der Waals surface area (Å²) in [5.41, 5.74) is 0. The zero-order valence-corrected chi connectivity index (χ0v) is 10.8. The van der Waals surface area contributed by atoms with Crippen molar-refractivity contribution in [2.45, 2.75) is 39.7 Å². The van der Waals surface area contributed by atoms with Gasteiger partial charge in [-0.3, -0.25) is 0 Å². The van der Waals surface area contributed by atoms with Gasteiger partial charge in [-0.25, -0.2) is 9.97 Å². The Hall–Kier alpha value is -1.36. The summed E-state index contributed by atoms with van der Waals surface area (Å²) in [5.74, 6) is 2.39. The van der Waals surface area contributed by atoms with Crippen molar-refractivity contribution in [2.24, 2.45) is 0 Å². The van der Waals surface area contributed by atoms with E-state index in [1.165, 1.54) is 0 Å². The fourth-order valence-electron chi connectivity index (χ4n) is 1.66. The Morgan fingerprint density at radius 2 is 2.00 bits per heavy atom. The molecule has 1 aromatic rings. The third-order valence-electron chi connectivity index (χ3n) is 2.52. The van der Waals surface area contributed by atoms with Gasteiger partial charge in [-0.2, -0.15) is 0 Å². The Kier molecular flexibility index (Phi) is 5.69. The van der Waals surface area contributed by atoms with E-state index in [0.717, 1.165) is 36.8 Å². The molecule has 96 valence electrons. The zero-order chi connectivity index (χ0) is 12.7. The molecule has 0 aliphatic rings. The minimum atomic E-state index is 0.190. The van der Waals surface area contributed by atoms with Crippen LogP contribution in [0, 0.1) is 6.92 Å². The van der Waals surface area contributed by atoms with Crippen molar-refractivity contribution in [3.63, 3.8) is 0 Å². The highest BCUT2D eigenvalue weighted by Crippen LogP contribution is 2.13. The van der Waals surface area contributed by atoms with Crippen LogP contribution in [0.5, 0.6) is 0 Å². The molecule has 0 saturated carbocycles. The monoisotopic (exact) mass is 238 g/mol. The molecule has 3 N–H and O–H groups in total. The van der Waals surface area contributed by atoms with Gasteiger partial charge < -0.3 is 15.7 Å². The molecule has 0 radical (unpaired) electrons. The van der Waals surface area contributed by atoms with E-state index in [-0.39, 0.29) is 12.6 Å². The van der Waals surface area contributed by atoms with Crippen LogP contribution in [0.4, 0.5) is 11.6 Å². The lowest BCUT2D eigenvalue weighted by Gasteiger charge is -2.17. The van der Waals surface area contributed by atoms with E-state index in [4.69, 9.17) is 5.11 Å². The molecule has 1 unspecified atom stereocenters. The molecule has 5 nitrogen and oxygen atoms in total. The second kappa shape index (κ2) is 7.06. The third-order valence-corrected chi connectivity index (χ3v) is 2.52. The van der Waals surface area contributed by atoms with Crippen molar-refractivity contribution >= 4 is 11.6 Å². The van der Waals surface area contributed by atoms with Gasteiger partial charge in [0, 0.05) is 25.3 Å². The Labute approximate surface area is 103 Å². The lowest BCUT2D eigenvalue weighted by atomic mass is 10.1. The molecule has 1 rings (SSSR count). The Morgan fingerprint density at radius 1 is 1.29 bits per heavy atom. The molecule has 1 aromatic heterocycles. The molecule has 1 atom stereocenters. The van der Waals surface area contributed by atoms with Crippen molar-refractivity contribution in [2.75, 3.05) is 23.8 Å². The summed E-state index contributed by atoms with van der Waals surface area (Å²) in [6, 6.07) is 2.15. The Balaban J connectivity index is 2.75. The van der Waals surface area contributed by atoms with Gasteiger partial charge in [0.05, 0.1) is 0 Å². The van der Waals surface area contributed by atoms with E-state index in [1.807, 2.05) is 19.9 Å². The van der Waals surface area contributed by atoms with Crippen molar-refractivity contribution in [3.05, 3.63) is 11.9 Å². The van der Waals surface area contributed by atoms with Crippen LogP contribution in [-0.4, -0.2) is 34.3 Å². The molecule has 17 heavy (non-hydrogen) atoms. The van der Waals surface area contributed by atoms with E-state index >= 15 is 0 Å². The summed E-state index contributed by atoms with van der Waals surface area (Å²) in [5, 5.41) is 15.4. The van der Waals surface area contributed by atoms with E-state index in [9.17, 15) is 0 Å². The average Bonchev–Trinajstić information content (AvgIpc) is 2.28. The van der Waals surface area contributed by atoms with E-state index in [2.05, 4.69) is 27.5 Å². The molecular formula is C12H22N4O. The number of nitrogens with one attached hydrogen (secondary N) is 2. The van der Waals surface area contributed by atoms with Crippen LogP contribution in [0.3, 0.4) is 0 Å². The number of rotatable bonds is 7. The SMILES string of the molecule is CCNc1cc(NC(CC)CCO)nc(C)n1. The van der Waals surface area contributed by atoms with Crippen LogP contribution in [0.1, 0.15) is 32.5 Å². The van der Waals surface area contributed by atoms with Crippen LogP contribution < -0.4 is 10.6 Å². The Bertz CT molecular complexity index is 343. The quantitative estimate of drug-likeness (QED) is 0.675. The maximum Gasteiger partial charge on any atom is 0.132 e. The van der Waals surface area contributed by atoms with Crippen molar-refractivity contribution < 1.29 is 5.11 Å². The number of anilines is 2. The zero-order valence-electron chi connectivity index (χ0n) is 10.8. The van der Waals surface area contributed by atoms with Gasteiger partial charge in [0.25, 0.3) is 0 Å². The summed E-state index contributed by atoms with van der Waals surface area (Å²) in [6.07, 6.45) is 1.69. The molecule has 0 aromatic carbocycles. The maximum atomic E-state index is 8.95. The number of hydrogen-bond donors (Lipinski definition) is 3. The molecule has 0 saturated heterocycles. The fraction of sp³-hybridized carbons (Fsp3) is 0.667. The second-order valence-electron chi connectivity index (χ2n) is 3.98. The van der Waals surface area contributed by atoms with E-state index in [0.29, 0.717) is 0 Å². The molecular weight excluding hydrogens is 216 g/mol. The van der Waals surface area contributed by atoms with Gasteiger partial charge in [-0.15, -0.1) is 0 Å². The predicted octanol–water partition coefficient (Wildman–Crippen LogP) is 1.79. The second-order valence-corrected chi connectivity index (χ2v) is 3.98. The van der Waals surface area contributed by atoms with Crippen molar-refractivity contribution in [3.8, 4) is 0 Å². The molecule has 0 spiro atoms. The third kappa shape index (κ3) is 4.56. The number of aliphatic hydroxyl groups excluding tert-OH is 1. The minimum absolute atomic E-state index is 0.190. The van der Waals surface area contributed by atoms with E-state index in [1.54, 1.807) is 0 Å². The van der Waals surface area contributed by atoms with Gasteiger partial charge in [-0.05, 0) is 26.7 Å².